The number of furan rings is 1. The molecule has 0 bridgehead atoms. The van der Waals surface area contributed by atoms with E-state index < -0.39 is 0 Å². The van der Waals surface area contributed by atoms with Crippen LogP contribution in [-0.2, 0) is 13.2 Å². The van der Waals surface area contributed by atoms with E-state index in [1.165, 1.54) is 18.4 Å². The zero-order valence-electron chi connectivity index (χ0n) is 11.2. The summed E-state index contributed by atoms with van der Waals surface area (Å²) in [4.78, 5) is 0. The highest BCUT2D eigenvalue weighted by Crippen LogP contribution is 2.21. The molecule has 1 aromatic heterocycles. The van der Waals surface area contributed by atoms with Crippen LogP contribution in [0.3, 0.4) is 0 Å². The van der Waals surface area contributed by atoms with E-state index in [0.717, 1.165) is 23.6 Å². The Bertz CT molecular complexity index is 526. The topological polar surface area (TPSA) is 34.4 Å². The van der Waals surface area contributed by atoms with Crippen molar-refractivity contribution in [2.45, 2.75) is 39.0 Å². The Morgan fingerprint density at radius 2 is 2.00 bits per heavy atom. The number of benzene rings is 1. The second-order valence-corrected chi connectivity index (χ2v) is 5.13. The Labute approximate surface area is 113 Å². The van der Waals surface area contributed by atoms with Crippen molar-refractivity contribution in [3.63, 3.8) is 0 Å². The second-order valence-electron chi connectivity index (χ2n) is 5.13. The van der Waals surface area contributed by atoms with Crippen LogP contribution in [0.4, 0.5) is 0 Å². The van der Waals surface area contributed by atoms with E-state index in [1.807, 2.05) is 18.2 Å². The van der Waals surface area contributed by atoms with Gasteiger partial charge in [-0.2, -0.15) is 0 Å². The number of rotatable bonds is 6. The normalized spacial score (nSPS) is 14.6. The van der Waals surface area contributed by atoms with Crippen LogP contribution < -0.4 is 10.1 Å². The van der Waals surface area contributed by atoms with Crippen molar-refractivity contribution in [2.75, 3.05) is 0 Å². The van der Waals surface area contributed by atoms with Crippen molar-refractivity contribution in [1.82, 2.24) is 5.32 Å². The third-order valence-electron chi connectivity index (χ3n) is 3.38. The van der Waals surface area contributed by atoms with Gasteiger partial charge in [-0.1, -0.05) is 17.7 Å². The lowest BCUT2D eigenvalue weighted by Crippen LogP contribution is -2.16. The zero-order valence-corrected chi connectivity index (χ0v) is 11.2. The van der Waals surface area contributed by atoms with E-state index >= 15 is 0 Å². The molecule has 0 atom stereocenters. The molecular formula is C16H19NO2. The smallest absolute Gasteiger partial charge is 0.124 e. The quantitative estimate of drug-likeness (QED) is 0.861. The Kier molecular flexibility index (Phi) is 3.56. The molecule has 1 aromatic carbocycles. The van der Waals surface area contributed by atoms with Gasteiger partial charge in [-0.05, 0) is 38.0 Å². The Balaban J connectivity index is 1.56. The molecule has 1 saturated carbocycles. The molecule has 1 aliphatic carbocycles. The lowest BCUT2D eigenvalue weighted by Gasteiger charge is -2.07. The van der Waals surface area contributed by atoms with Gasteiger partial charge in [-0.15, -0.1) is 0 Å². The maximum atomic E-state index is 5.78. The van der Waals surface area contributed by atoms with Crippen LogP contribution in [0.5, 0.6) is 5.75 Å². The maximum Gasteiger partial charge on any atom is 0.124 e. The van der Waals surface area contributed by atoms with Gasteiger partial charge in [-0.3, -0.25) is 0 Å². The fraction of sp³-hybridized carbons (Fsp3) is 0.375. The SMILES string of the molecule is Cc1ccc(OCc2ccoc2CNC2CC2)cc1. The predicted molar refractivity (Wildman–Crippen MR) is 74.1 cm³/mol. The molecule has 1 aliphatic rings. The molecule has 1 fully saturated rings. The molecule has 3 heteroatoms. The fourth-order valence-electron chi connectivity index (χ4n) is 1.97. The van der Waals surface area contributed by atoms with Gasteiger partial charge >= 0.3 is 0 Å². The number of ether oxygens (including phenoxy) is 1. The summed E-state index contributed by atoms with van der Waals surface area (Å²) >= 11 is 0. The second kappa shape index (κ2) is 5.49. The van der Waals surface area contributed by atoms with Crippen LogP contribution in [0.15, 0.2) is 41.0 Å². The van der Waals surface area contributed by atoms with E-state index in [9.17, 15) is 0 Å². The van der Waals surface area contributed by atoms with Gasteiger partial charge in [0.25, 0.3) is 0 Å². The summed E-state index contributed by atoms with van der Waals surface area (Å²) in [5.74, 6) is 1.88. The van der Waals surface area contributed by atoms with Gasteiger partial charge in [0.15, 0.2) is 0 Å². The van der Waals surface area contributed by atoms with Crippen molar-refractivity contribution in [2.24, 2.45) is 0 Å². The van der Waals surface area contributed by atoms with E-state index in [1.54, 1.807) is 6.26 Å². The van der Waals surface area contributed by atoms with E-state index in [2.05, 4.69) is 24.4 Å². The molecule has 2 aromatic rings. The minimum atomic E-state index is 0.557. The van der Waals surface area contributed by atoms with Gasteiger partial charge < -0.3 is 14.5 Å². The minimum absolute atomic E-state index is 0.557. The molecule has 1 heterocycles. The highest BCUT2D eigenvalue weighted by atomic mass is 16.5. The van der Waals surface area contributed by atoms with E-state index in [-0.39, 0.29) is 0 Å². The molecule has 0 aliphatic heterocycles. The average Bonchev–Trinajstić information content (AvgIpc) is 3.15. The Morgan fingerprint density at radius 3 is 2.74 bits per heavy atom. The van der Waals surface area contributed by atoms with Crippen molar-refractivity contribution < 1.29 is 9.15 Å². The van der Waals surface area contributed by atoms with Gasteiger partial charge in [-0.25, -0.2) is 0 Å². The summed E-state index contributed by atoms with van der Waals surface area (Å²) in [6, 6.07) is 10.8. The summed E-state index contributed by atoms with van der Waals surface area (Å²) in [5, 5.41) is 3.46. The highest BCUT2D eigenvalue weighted by Gasteiger charge is 2.21. The van der Waals surface area contributed by atoms with E-state index in [0.29, 0.717) is 12.6 Å². The number of nitrogens with one attached hydrogen (secondary N) is 1. The van der Waals surface area contributed by atoms with Crippen molar-refractivity contribution in [3.8, 4) is 5.75 Å². The Hall–Kier alpha value is -1.74. The monoisotopic (exact) mass is 257 g/mol. The van der Waals surface area contributed by atoms with Crippen molar-refractivity contribution >= 4 is 0 Å². The molecule has 19 heavy (non-hydrogen) atoms. The van der Waals surface area contributed by atoms with Gasteiger partial charge in [0.05, 0.1) is 12.8 Å². The third-order valence-corrected chi connectivity index (χ3v) is 3.38. The standard InChI is InChI=1S/C16H19NO2/c1-12-2-6-15(7-3-12)19-11-13-8-9-18-16(13)10-17-14-4-5-14/h2-3,6-9,14,17H,4-5,10-11H2,1H3. The molecule has 100 valence electrons. The number of hydrogen-bond acceptors (Lipinski definition) is 3. The highest BCUT2D eigenvalue weighted by molar-refractivity contribution is 5.27. The lowest BCUT2D eigenvalue weighted by atomic mass is 10.2. The Morgan fingerprint density at radius 1 is 1.21 bits per heavy atom. The first-order valence-electron chi connectivity index (χ1n) is 6.79. The first-order chi connectivity index (χ1) is 9.31. The fourth-order valence-corrected chi connectivity index (χ4v) is 1.97. The predicted octanol–water partition coefficient (Wildman–Crippen LogP) is 3.42. The van der Waals surface area contributed by atoms with Crippen LogP contribution in [0.25, 0.3) is 0 Å². The number of aryl methyl sites for hydroxylation is 1. The minimum Gasteiger partial charge on any atom is -0.489 e. The molecule has 1 N–H and O–H groups in total. The van der Waals surface area contributed by atoms with Gasteiger partial charge in [0.2, 0.25) is 0 Å². The first kappa shape index (κ1) is 12.3. The van der Waals surface area contributed by atoms with E-state index in [4.69, 9.17) is 9.15 Å². The average molecular weight is 257 g/mol. The molecule has 0 spiro atoms. The first-order valence-corrected chi connectivity index (χ1v) is 6.79. The van der Waals surface area contributed by atoms with Crippen molar-refractivity contribution in [3.05, 3.63) is 53.5 Å². The summed E-state index contributed by atoms with van der Waals surface area (Å²) in [7, 11) is 0. The molecule has 0 unspecified atom stereocenters. The maximum absolute atomic E-state index is 5.78. The molecular weight excluding hydrogens is 238 g/mol. The van der Waals surface area contributed by atoms with Crippen LogP contribution in [0, 0.1) is 6.92 Å². The summed E-state index contributed by atoms with van der Waals surface area (Å²) in [5.41, 5.74) is 2.36. The molecule has 3 rings (SSSR count). The van der Waals surface area contributed by atoms with Crippen LogP contribution in [0.2, 0.25) is 0 Å². The largest absolute Gasteiger partial charge is 0.489 e. The molecule has 0 radical (unpaired) electrons. The molecule has 0 amide bonds. The number of hydrogen-bond donors (Lipinski definition) is 1. The molecule has 3 nitrogen and oxygen atoms in total. The summed E-state index contributed by atoms with van der Waals surface area (Å²) < 4.78 is 11.3. The van der Waals surface area contributed by atoms with Crippen molar-refractivity contribution in [1.29, 1.82) is 0 Å². The lowest BCUT2D eigenvalue weighted by molar-refractivity contribution is 0.301. The van der Waals surface area contributed by atoms with Crippen LogP contribution in [-0.4, -0.2) is 6.04 Å². The van der Waals surface area contributed by atoms with Gasteiger partial charge in [0, 0.05) is 11.6 Å². The molecule has 0 saturated heterocycles. The summed E-state index contributed by atoms with van der Waals surface area (Å²) in [6.07, 6.45) is 4.31. The van der Waals surface area contributed by atoms with Crippen LogP contribution in [0.1, 0.15) is 29.7 Å². The van der Waals surface area contributed by atoms with Gasteiger partial charge in [0.1, 0.15) is 18.1 Å². The third kappa shape index (κ3) is 3.38. The summed E-state index contributed by atoms with van der Waals surface area (Å²) in [6.45, 7) is 3.42. The van der Waals surface area contributed by atoms with Crippen LogP contribution >= 0.6 is 0 Å². The zero-order chi connectivity index (χ0) is 13.1.